The summed E-state index contributed by atoms with van der Waals surface area (Å²) >= 11 is 0. The van der Waals surface area contributed by atoms with Crippen molar-refractivity contribution in [1.82, 2.24) is 0 Å². The van der Waals surface area contributed by atoms with E-state index in [4.69, 9.17) is 9.47 Å². The summed E-state index contributed by atoms with van der Waals surface area (Å²) in [6.07, 6.45) is 0. The molecule has 2 nitrogen and oxygen atoms in total. The van der Waals surface area contributed by atoms with E-state index in [-0.39, 0.29) is 0 Å². The smallest absolute Gasteiger partial charge is 0.128 e. The Morgan fingerprint density at radius 2 is 0.958 bits per heavy atom. The Labute approximate surface area is 140 Å². The van der Waals surface area contributed by atoms with Gasteiger partial charge in [0.25, 0.3) is 0 Å². The number of fused-ring (bicyclic) bond motifs is 7. The molecule has 0 saturated carbocycles. The highest BCUT2D eigenvalue weighted by molar-refractivity contribution is 6.09. The van der Waals surface area contributed by atoms with Crippen molar-refractivity contribution in [3.8, 4) is 22.6 Å². The zero-order valence-electron chi connectivity index (χ0n) is 13.2. The molecule has 0 unspecified atom stereocenters. The van der Waals surface area contributed by atoms with Crippen LogP contribution in [-0.2, 0) is 0 Å². The van der Waals surface area contributed by atoms with Crippen molar-refractivity contribution in [2.45, 2.75) is 0 Å². The highest BCUT2D eigenvalue weighted by Gasteiger charge is 2.20. The Morgan fingerprint density at radius 1 is 0.500 bits per heavy atom. The van der Waals surface area contributed by atoms with Crippen molar-refractivity contribution in [1.29, 1.82) is 0 Å². The molecule has 0 aliphatic carbocycles. The van der Waals surface area contributed by atoms with Crippen molar-refractivity contribution in [3.63, 3.8) is 0 Å². The van der Waals surface area contributed by atoms with E-state index in [2.05, 4.69) is 72.8 Å². The van der Waals surface area contributed by atoms with Gasteiger partial charge in [-0.3, -0.25) is 0 Å². The van der Waals surface area contributed by atoms with Crippen molar-refractivity contribution in [3.05, 3.63) is 72.8 Å². The summed E-state index contributed by atoms with van der Waals surface area (Å²) in [5, 5.41) is 4.80. The highest BCUT2D eigenvalue weighted by atomic mass is 16.5. The SMILES string of the molecule is c1ccc2c3c(ccc2c1)OCCOc1ccc2ccccc2c1-3. The van der Waals surface area contributed by atoms with E-state index in [9.17, 15) is 0 Å². The van der Waals surface area contributed by atoms with Gasteiger partial charge >= 0.3 is 0 Å². The lowest BCUT2D eigenvalue weighted by atomic mass is 9.92. The van der Waals surface area contributed by atoms with Gasteiger partial charge in [0.15, 0.2) is 0 Å². The Hall–Kier alpha value is -3.00. The lowest BCUT2D eigenvalue weighted by molar-refractivity contribution is 0.215. The number of hydrogen-bond donors (Lipinski definition) is 0. The summed E-state index contributed by atoms with van der Waals surface area (Å²) in [6.45, 7) is 1.11. The van der Waals surface area contributed by atoms with E-state index in [1.54, 1.807) is 0 Å². The van der Waals surface area contributed by atoms with Crippen molar-refractivity contribution >= 4 is 21.5 Å². The number of ether oxygens (including phenoxy) is 2. The first-order valence-corrected chi connectivity index (χ1v) is 8.21. The molecule has 0 saturated heterocycles. The van der Waals surface area contributed by atoms with E-state index < -0.39 is 0 Å². The van der Waals surface area contributed by atoms with Crippen molar-refractivity contribution in [2.24, 2.45) is 0 Å². The second kappa shape index (κ2) is 5.27. The second-order valence-electron chi connectivity index (χ2n) is 6.02. The fraction of sp³-hybridized carbons (Fsp3) is 0.0909. The predicted molar refractivity (Wildman–Crippen MR) is 97.9 cm³/mol. The second-order valence-corrected chi connectivity index (χ2v) is 6.02. The first-order valence-electron chi connectivity index (χ1n) is 8.21. The minimum atomic E-state index is 0.553. The Balaban J connectivity index is 1.99. The molecule has 0 fully saturated rings. The third-order valence-electron chi connectivity index (χ3n) is 4.63. The van der Waals surface area contributed by atoms with Crippen LogP contribution in [0, 0.1) is 0 Å². The number of benzene rings is 4. The van der Waals surface area contributed by atoms with Crippen LogP contribution in [0.2, 0.25) is 0 Å². The summed E-state index contributed by atoms with van der Waals surface area (Å²) in [5.74, 6) is 1.85. The van der Waals surface area contributed by atoms with E-state index in [0.29, 0.717) is 13.2 Å². The maximum absolute atomic E-state index is 6.02. The van der Waals surface area contributed by atoms with Crippen LogP contribution in [0.25, 0.3) is 32.7 Å². The van der Waals surface area contributed by atoms with Gasteiger partial charge < -0.3 is 9.47 Å². The van der Waals surface area contributed by atoms with Crippen molar-refractivity contribution < 1.29 is 9.47 Å². The maximum atomic E-state index is 6.02. The lowest BCUT2D eigenvalue weighted by Crippen LogP contribution is -2.12. The van der Waals surface area contributed by atoms with Crippen LogP contribution >= 0.6 is 0 Å². The molecule has 1 aliphatic rings. The first-order chi connectivity index (χ1) is 11.9. The van der Waals surface area contributed by atoms with Crippen LogP contribution < -0.4 is 9.47 Å². The molecule has 4 aromatic rings. The molecule has 2 heteroatoms. The van der Waals surface area contributed by atoms with E-state index in [1.807, 2.05) is 0 Å². The van der Waals surface area contributed by atoms with Crippen LogP contribution in [0.15, 0.2) is 72.8 Å². The molecule has 116 valence electrons. The third-order valence-corrected chi connectivity index (χ3v) is 4.63. The molecule has 1 aliphatic heterocycles. The minimum Gasteiger partial charge on any atom is -0.489 e. The molecule has 0 aromatic heterocycles. The molecule has 4 aromatic carbocycles. The third kappa shape index (κ3) is 1.96. The molecule has 0 spiro atoms. The minimum absolute atomic E-state index is 0.553. The van der Waals surface area contributed by atoms with Crippen LogP contribution in [0.3, 0.4) is 0 Å². The standard InChI is InChI=1S/C22H16O2/c1-3-7-17-15(5-1)9-11-19-21(17)22-18-8-4-2-6-16(18)10-12-20(22)24-14-13-23-19/h1-12H,13-14H2. The average Bonchev–Trinajstić information content (AvgIpc) is 2.62. The van der Waals surface area contributed by atoms with Gasteiger partial charge in [0.05, 0.1) is 0 Å². The van der Waals surface area contributed by atoms with Crippen molar-refractivity contribution in [2.75, 3.05) is 13.2 Å². The molecular formula is C22H16O2. The average molecular weight is 312 g/mol. The number of rotatable bonds is 0. The molecule has 0 bridgehead atoms. The largest absolute Gasteiger partial charge is 0.489 e. The fourth-order valence-electron chi connectivity index (χ4n) is 3.56. The van der Waals surface area contributed by atoms with Gasteiger partial charge in [-0.2, -0.15) is 0 Å². The number of hydrogen-bond acceptors (Lipinski definition) is 2. The Kier molecular flexibility index (Phi) is 2.95. The van der Waals surface area contributed by atoms with Gasteiger partial charge in [0.2, 0.25) is 0 Å². The Bertz CT molecular complexity index is 979. The normalized spacial score (nSPS) is 13.3. The van der Waals surface area contributed by atoms with Gasteiger partial charge in [0, 0.05) is 11.1 Å². The molecule has 24 heavy (non-hydrogen) atoms. The van der Waals surface area contributed by atoms with E-state index >= 15 is 0 Å². The van der Waals surface area contributed by atoms with Gasteiger partial charge in [0.1, 0.15) is 24.7 Å². The molecule has 0 amide bonds. The summed E-state index contributed by atoms with van der Waals surface area (Å²) in [7, 11) is 0. The zero-order valence-corrected chi connectivity index (χ0v) is 13.2. The van der Waals surface area contributed by atoms with Gasteiger partial charge in [-0.15, -0.1) is 0 Å². The zero-order chi connectivity index (χ0) is 15.9. The molecular weight excluding hydrogens is 296 g/mol. The summed E-state index contributed by atoms with van der Waals surface area (Å²) in [5.41, 5.74) is 2.25. The van der Waals surface area contributed by atoms with E-state index in [0.717, 1.165) is 22.6 Å². The quantitative estimate of drug-likeness (QED) is 0.431. The maximum Gasteiger partial charge on any atom is 0.128 e. The monoisotopic (exact) mass is 312 g/mol. The summed E-state index contributed by atoms with van der Waals surface area (Å²) in [6, 6.07) is 25.3. The summed E-state index contributed by atoms with van der Waals surface area (Å²) in [4.78, 5) is 0. The van der Waals surface area contributed by atoms with E-state index in [1.165, 1.54) is 21.5 Å². The highest BCUT2D eigenvalue weighted by Crippen LogP contribution is 2.46. The molecule has 1 heterocycles. The Morgan fingerprint density at radius 3 is 1.46 bits per heavy atom. The van der Waals surface area contributed by atoms with Gasteiger partial charge in [-0.1, -0.05) is 60.7 Å². The molecule has 0 atom stereocenters. The van der Waals surface area contributed by atoms with Crippen LogP contribution in [-0.4, -0.2) is 13.2 Å². The molecule has 0 N–H and O–H groups in total. The molecule has 5 rings (SSSR count). The lowest BCUT2D eigenvalue weighted by Gasteiger charge is -2.22. The fourth-order valence-corrected chi connectivity index (χ4v) is 3.56. The topological polar surface area (TPSA) is 18.5 Å². The first kappa shape index (κ1) is 13.4. The summed E-state index contributed by atoms with van der Waals surface area (Å²) < 4.78 is 12.0. The van der Waals surface area contributed by atoms with Crippen LogP contribution in [0.4, 0.5) is 0 Å². The van der Waals surface area contributed by atoms with Crippen LogP contribution in [0.5, 0.6) is 11.5 Å². The van der Waals surface area contributed by atoms with Crippen LogP contribution in [0.1, 0.15) is 0 Å². The van der Waals surface area contributed by atoms with Gasteiger partial charge in [-0.25, -0.2) is 0 Å². The predicted octanol–water partition coefficient (Wildman–Crippen LogP) is 5.43. The van der Waals surface area contributed by atoms with Gasteiger partial charge in [-0.05, 0) is 33.7 Å². The molecule has 0 radical (unpaired) electrons.